The van der Waals surface area contributed by atoms with Crippen molar-refractivity contribution in [2.24, 2.45) is 0 Å². The van der Waals surface area contributed by atoms with Crippen molar-refractivity contribution in [1.29, 1.82) is 0 Å². The molecule has 0 saturated heterocycles. The summed E-state index contributed by atoms with van der Waals surface area (Å²) < 4.78 is 5.47. The van der Waals surface area contributed by atoms with E-state index in [-0.39, 0.29) is 5.69 Å². The van der Waals surface area contributed by atoms with E-state index in [9.17, 15) is 10.1 Å². The van der Waals surface area contributed by atoms with Crippen LogP contribution in [-0.2, 0) is 6.42 Å². The molecule has 0 saturated carbocycles. The van der Waals surface area contributed by atoms with Crippen LogP contribution in [0.1, 0.15) is 38.7 Å². The fourth-order valence-electron chi connectivity index (χ4n) is 1.84. The van der Waals surface area contributed by atoms with Gasteiger partial charge in [-0.1, -0.05) is 42.3 Å². The summed E-state index contributed by atoms with van der Waals surface area (Å²) >= 11 is 3.62. The van der Waals surface area contributed by atoms with Crippen molar-refractivity contribution in [1.82, 2.24) is 0 Å². The van der Waals surface area contributed by atoms with Crippen LogP contribution in [0.5, 0.6) is 5.75 Å². The lowest BCUT2D eigenvalue weighted by Gasteiger charge is -2.11. The zero-order valence-electron chi connectivity index (χ0n) is 11.4. The zero-order chi connectivity index (χ0) is 14.3. The van der Waals surface area contributed by atoms with Gasteiger partial charge >= 0.3 is 5.69 Å². The third-order valence-electron chi connectivity index (χ3n) is 2.74. The van der Waals surface area contributed by atoms with Crippen LogP contribution in [0.2, 0.25) is 0 Å². The number of hydrogen-bond acceptors (Lipinski definition) is 3. The molecule has 0 aliphatic heterocycles. The third-order valence-corrected chi connectivity index (χ3v) is 3.52. The van der Waals surface area contributed by atoms with Gasteiger partial charge in [-0.3, -0.25) is 10.1 Å². The van der Waals surface area contributed by atoms with Crippen molar-refractivity contribution in [3.63, 3.8) is 0 Å². The van der Waals surface area contributed by atoms with Crippen molar-refractivity contribution in [2.45, 2.75) is 44.4 Å². The third kappa shape index (κ3) is 5.19. The second kappa shape index (κ2) is 8.15. The monoisotopic (exact) mass is 329 g/mol. The number of nitro groups is 1. The largest absolute Gasteiger partial charge is 0.487 e. The van der Waals surface area contributed by atoms with Crippen molar-refractivity contribution in [3.05, 3.63) is 33.9 Å². The summed E-state index contributed by atoms with van der Waals surface area (Å²) in [5.74, 6) is 0.376. The number of halogens is 1. The predicted molar refractivity (Wildman–Crippen MR) is 80.2 cm³/mol. The molecule has 0 spiro atoms. The number of benzene rings is 1. The molecule has 0 aliphatic carbocycles. The standard InChI is InChI=1S/C14H20BrNO3/c1-3-5-12(15)9-11-6-7-13(16(17)18)14(10-11)19-8-4-2/h6-7,10,12H,3-5,8-9H2,1-2H3. The minimum atomic E-state index is -0.396. The van der Waals surface area contributed by atoms with E-state index >= 15 is 0 Å². The summed E-state index contributed by atoms with van der Waals surface area (Å²) in [6.45, 7) is 4.61. The topological polar surface area (TPSA) is 52.4 Å². The van der Waals surface area contributed by atoms with Gasteiger partial charge in [0.15, 0.2) is 5.75 Å². The van der Waals surface area contributed by atoms with Crippen LogP contribution in [0.4, 0.5) is 5.69 Å². The molecule has 1 rings (SSSR count). The van der Waals surface area contributed by atoms with Gasteiger partial charge < -0.3 is 4.74 Å². The second-order valence-electron chi connectivity index (χ2n) is 4.50. The van der Waals surface area contributed by atoms with Gasteiger partial charge in [-0.15, -0.1) is 0 Å². The van der Waals surface area contributed by atoms with Crippen LogP contribution < -0.4 is 4.74 Å². The molecule has 19 heavy (non-hydrogen) atoms. The zero-order valence-corrected chi connectivity index (χ0v) is 13.0. The van der Waals surface area contributed by atoms with Gasteiger partial charge in [0.05, 0.1) is 11.5 Å². The fraction of sp³-hybridized carbons (Fsp3) is 0.571. The molecule has 0 aromatic heterocycles. The lowest BCUT2D eigenvalue weighted by molar-refractivity contribution is -0.385. The summed E-state index contributed by atoms with van der Waals surface area (Å²) in [4.78, 5) is 10.9. The molecule has 5 heteroatoms. The molecule has 1 aromatic carbocycles. The molecule has 0 amide bonds. The average Bonchev–Trinajstić information content (AvgIpc) is 2.36. The Balaban J connectivity index is 2.87. The van der Waals surface area contributed by atoms with Crippen molar-refractivity contribution in [2.75, 3.05) is 6.61 Å². The molecule has 0 fully saturated rings. The Morgan fingerprint density at radius 1 is 1.37 bits per heavy atom. The maximum absolute atomic E-state index is 10.9. The maximum Gasteiger partial charge on any atom is 0.310 e. The van der Waals surface area contributed by atoms with Crippen LogP contribution in [-0.4, -0.2) is 16.4 Å². The normalized spacial score (nSPS) is 12.2. The highest BCUT2D eigenvalue weighted by molar-refractivity contribution is 9.09. The minimum absolute atomic E-state index is 0.0406. The van der Waals surface area contributed by atoms with Crippen molar-refractivity contribution in [3.8, 4) is 5.75 Å². The van der Waals surface area contributed by atoms with Crippen LogP contribution >= 0.6 is 15.9 Å². The summed E-state index contributed by atoms with van der Waals surface area (Å²) in [6, 6.07) is 5.13. The first-order valence-electron chi connectivity index (χ1n) is 6.62. The van der Waals surface area contributed by atoms with Gasteiger partial charge in [-0.25, -0.2) is 0 Å². The molecule has 1 unspecified atom stereocenters. The quantitative estimate of drug-likeness (QED) is 0.401. The average molecular weight is 330 g/mol. The number of ether oxygens (including phenoxy) is 1. The Hall–Kier alpha value is -1.10. The molecule has 106 valence electrons. The van der Waals surface area contributed by atoms with Gasteiger partial charge in [-0.2, -0.15) is 0 Å². The van der Waals surface area contributed by atoms with E-state index in [0.29, 0.717) is 17.2 Å². The maximum atomic E-state index is 10.9. The number of nitro benzene ring substituents is 1. The lowest BCUT2D eigenvalue weighted by Crippen LogP contribution is -2.04. The highest BCUT2D eigenvalue weighted by atomic mass is 79.9. The van der Waals surface area contributed by atoms with Crippen LogP contribution in [0, 0.1) is 10.1 Å². The Labute approximate surface area is 122 Å². The van der Waals surface area contributed by atoms with E-state index in [2.05, 4.69) is 22.9 Å². The van der Waals surface area contributed by atoms with E-state index in [1.165, 1.54) is 6.07 Å². The van der Waals surface area contributed by atoms with E-state index in [1.807, 2.05) is 6.92 Å². The molecule has 1 atom stereocenters. The molecule has 0 bridgehead atoms. The number of rotatable bonds is 8. The first-order valence-corrected chi connectivity index (χ1v) is 7.54. The highest BCUT2D eigenvalue weighted by Crippen LogP contribution is 2.29. The van der Waals surface area contributed by atoms with Gasteiger partial charge in [0.1, 0.15) is 0 Å². The second-order valence-corrected chi connectivity index (χ2v) is 5.79. The summed E-state index contributed by atoms with van der Waals surface area (Å²) in [5.41, 5.74) is 1.10. The molecular formula is C14H20BrNO3. The Bertz CT molecular complexity index is 423. The SMILES string of the molecule is CCCOc1cc(CC(Br)CCC)ccc1[N+](=O)[O-]. The van der Waals surface area contributed by atoms with Gasteiger partial charge in [-0.05, 0) is 30.9 Å². The highest BCUT2D eigenvalue weighted by Gasteiger charge is 2.16. The van der Waals surface area contributed by atoms with E-state index in [4.69, 9.17) is 4.74 Å². The van der Waals surface area contributed by atoms with E-state index < -0.39 is 4.92 Å². The van der Waals surface area contributed by atoms with Crippen LogP contribution in [0.25, 0.3) is 0 Å². The molecule has 0 aliphatic rings. The van der Waals surface area contributed by atoms with Gasteiger partial charge in [0.2, 0.25) is 0 Å². The van der Waals surface area contributed by atoms with Crippen LogP contribution in [0.15, 0.2) is 18.2 Å². The minimum Gasteiger partial charge on any atom is -0.487 e. The number of alkyl halides is 1. The summed E-state index contributed by atoms with van der Waals surface area (Å²) in [6.07, 6.45) is 3.89. The smallest absolute Gasteiger partial charge is 0.310 e. The summed E-state index contributed by atoms with van der Waals surface area (Å²) in [7, 11) is 0. The molecular weight excluding hydrogens is 310 g/mol. The molecule has 1 aromatic rings. The first kappa shape index (κ1) is 16.0. The van der Waals surface area contributed by atoms with E-state index in [0.717, 1.165) is 31.2 Å². The fourth-order valence-corrected chi connectivity index (χ4v) is 2.67. The number of nitrogens with zero attached hydrogens (tertiary/aromatic N) is 1. The van der Waals surface area contributed by atoms with Crippen LogP contribution in [0.3, 0.4) is 0 Å². The summed E-state index contributed by atoms with van der Waals surface area (Å²) in [5, 5.41) is 10.9. The molecule has 0 heterocycles. The van der Waals surface area contributed by atoms with E-state index in [1.54, 1.807) is 12.1 Å². The van der Waals surface area contributed by atoms with Crippen molar-refractivity contribution >= 4 is 21.6 Å². The van der Waals surface area contributed by atoms with Gasteiger partial charge in [0, 0.05) is 10.9 Å². The molecule has 0 radical (unpaired) electrons. The Morgan fingerprint density at radius 3 is 2.68 bits per heavy atom. The Morgan fingerprint density at radius 2 is 2.11 bits per heavy atom. The predicted octanol–water partition coefficient (Wildman–Crippen LogP) is 4.49. The van der Waals surface area contributed by atoms with Crippen molar-refractivity contribution < 1.29 is 9.66 Å². The number of hydrogen-bond donors (Lipinski definition) is 0. The lowest BCUT2D eigenvalue weighted by atomic mass is 10.1. The molecule has 4 nitrogen and oxygen atoms in total. The Kier molecular flexibility index (Phi) is 6.84. The first-order chi connectivity index (χ1) is 9.08. The molecule has 0 N–H and O–H groups in total. The van der Waals surface area contributed by atoms with Gasteiger partial charge in [0.25, 0.3) is 0 Å².